The molecule has 1 saturated carbocycles. The van der Waals surface area contributed by atoms with Gasteiger partial charge < -0.3 is 14.8 Å². The van der Waals surface area contributed by atoms with E-state index in [4.69, 9.17) is 28.2 Å². The van der Waals surface area contributed by atoms with Crippen LogP contribution >= 0.6 is 23.2 Å². The third-order valence-corrected chi connectivity index (χ3v) is 10.4. The zero-order chi connectivity index (χ0) is 29.8. The molecule has 43 heavy (non-hydrogen) atoms. The predicted molar refractivity (Wildman–Crippen MR) is 164 cm³/mol. The van der Waals surface area contributed by atoms with Crippen LogP contribution in [0, 0.1) is 11.7 Å². The van der Waals surface area contributed by atoms with E-state index < -0.39 is 17.3 Å². The second kappa shape index (κ2) is 9.52. The van der Waals surface area contributed by atoms with E-state index in [1.54, 1.807) is 43.3 Å². The number of nitrogens with one attached hydrogen (secondary N) is 1. The molecule has 1 aliphatic carbocycles. The summed E-state index contributed by atoms with van der Waals surface area (Å²) >= 11 is 12.8. The molecule has 3 aromatic carbocycles. The standard InChI is InChI=1S/C33H30Cl2FN5O2/c1-39(2)31(42)18-8-11-25-24(14-18)37-30-27-26(12-13-40(25)30)41(16-17-6-7-17)33(28(27)20-4-3-5-22(35)29(20)36)21-10-9-19(34)15-23(21)38-32(33)43/h3-5,8-11,14-15,17,26-28H,6-7,12-13,16H2,1-2H3,(H,38,43)/t26-,27+,28-,33+/m0/s1. The van der Waals surface area contributed by atoms with Crippen molar-refractivity contribution in [1.82, 2.24) is 19.4 Å². The number of hydrogen-bond acceptors (Lipinski definition) is 4. The lowest BCUT2D eigenvalue weighted by Crippen LogP contribution is -2.53. The van der Waals surface area contributed by atoms with Crippen LogP contribution < -0.4 is 5.32 Å². The topological polar surface area (TPSA) is 70.5 Å². The monoisotopic (exact) mass is 617 g/mol. The van der Waals surface area contributed by atoms with Crippen LogP contribution in [0.4, 0.5) is 10.1 Å². The van der Waals surface area contributed by atoms with Crippen molar-refractivity contribution in [2.45, 2.75) is 49.2 Å². The van der Waals surface area contributed by atoms with E-state index in [2.05, 4.69) is 14.8 Å². The molecule has 0 bridgehead atoms. The van der Waals surface area contributed by atoms with Crippen molar-refractivity contribution in [3.8, 4) is 0 Å². The molecular formula is C33H30Cl2FN5O2. The number of carbonyl (C=O) groups is 2. The molecule has 0 radical (unpaired) electrons. The van der Waals surface area contributed by atoms with Gasteiger partial charge in [0.05, 0.1) is 16.1 Å². The quantitative estimate of drug-likeness (QED) is 0.288. The van der Waals surface area contributed by atoms with Crippen molar-refractivity contribution < 1.29 is 14.0 Å². The Kier molecular flexibility index (Phi) is 6.00. The van der Waals surface area contributed by atoms with Gasteiger partial charge in [-0.05, 0) is 67.1 Å². The fraction of sp³-hybridized carbons (Fsp3) is 0.364. The number of aromatic nitrogens is 2. The third kappa shape index (κ3) is 3.79. The smallest absolute Gasteiger partial charge is 0.253 e. The number of hydrogen-bond donors (Lipinski definition) is 1. The lowest BCUT2D eigenvalue weighted by molar-refractivity contribution is -0.128. The highest BCUT2D eigenvalue weighted by atomic mass is 35.5. The summed E-state index contributed by atoms with van der Waals surface area (Å²) in [6.07, 6.45) is 2.98. The number of rotatable bonds is 4. The molecule has 4 heterocycles. The van der Waals surface area contributed by atoms with Gasteiger partial charge in [0, 0.05) is 66.9 Å². The van der Waals surface area contributed by atoms with Crippen LogP contribution in [0.3, 0.4) is 0 Å². The molecular weight excluding hydrogens is 588 g/mol. The number of aryl methyl sites for hydroxylation is 1. The number of imidazole rings is 1. The number of amides is 2. The van der Waals surface area contributed by atoms with Crippen molar-refractivity contribution in [1.29, 1.82) is 0 Å². The van der Waals surface area contributed by atoms with E-state index in [1.165, 1.54) is 0 Å². The third-order valence-electron chi connectivity index (χ3n) is 9.91. The van der Waals surface area contributed by atoms with Gasteiger partial charge in [-0.15, -0.1) is 0 Å². The molecule has 0 unspecified atom stereocenters. The Balaban J connectivity index is 1.40. The molecule has 2 fully saturated rings. The highest BCUT2D eigenvalue weighted by Gasteiger charge is 2.69. The largest absolute Gasteiger partial charge is 0.345 e. The van der Waals surface area contributed by atoms with E-state index in [9.17, 15) is 9.59 Å². The van der Waals surface area contributed by atoms with E-state index in [0.717, 1.165) is 42.7 Å². The van der Waals surface area contributed by atoms with Crippen molar-refractivity contribution in [2.24, 2.45) is 5.92 Å². The van der Waals surface area contributed by atoms with E-state index in [-0.39, 0.29) is 28.8 Å². The van der Waals surface area contributed by atoms with Gasteiger partial charge in [0.2, 0.25) is 5.91 Å². The Morgan fingerprint density at radius 3 is 2.70 bits per heavy atom. The average molecular weight is 619 g/mol. The maximum Gasteiger partial charge on any atom is 0.253 e. The Labute approximate surface area is 258 Å². The minimum atomic E-state index is -1.18. The first-order valence-corrected chi connectivity index (χ1v) is 15.5. The van der Waals surface area contributed by atoms with E-state index in [1.807, 2.05) is 30.3 Å². The van der Waals surface area contributed by atoms with Crippen LogP contribution in [0.25, 0.3) is 11.0 Å². The van der Waals surface area contributed by atoms with Crippen molar-refractivity contribution in [2.75, 3.05) is 26.0 Å². The van der Waals surface area contributed by atoms with Gasteiger partial charge in [-0.2, -0.15) is 0 Å². The molecule has 1 spiro atoms. The van der Waals surface area contributed by atoms with Crippen LogP contribution in [0.1, 0.15) is 58.4 Å². The van der Waals surface area contributed by atoms with Gasteiger partial charge in [-0.25, -0.2) is 9.37 Å². The summed E-state index contributed by atoms with van der Waals surface area (Å²) in [5.41, 5.74) is 2.89. The molecule has 4 aliphatic rings. The van der Waals surface area contributed by atoms with Crippen LogP contribution in [0.2, 0.25) is 10.0 Å². The molecule has 10 heteroatoms. The summed E-state index contributed by atoms with van der Waals surface area (Å²) in [6.45, 7) is 1.43. The van der Waals surface area contributed by atoms with Gasteiger partial charge in [-0.3, -0.25) is 14.5 Å². The predicted octanol–water partition coefficient (Wildman–Crippen LogP) is 6.40. The molecule has 1 aromatic heterocycles. The maximum atomic E-state index is 16.2. The second-order valence-electron chi connectivity index (χ2n) is 12.5. The zero-order valence-corrected chi connectivity index (χ0v) is 25.3. The second-order valence-corrected chi connectivity index (χ2v) is 13.4. The fourth-order valence-corrected chi connectivity index (χ4v) is 8.34. The van der Waals surface area contributed by atoms with Crippen molar-refractivity contribution in [3.05, 3.63) is 93.0 Å². The Bertz CT molecular complexity index is 1850. The molecule has 3 aliphatic heterocycles. The minimum Gasteiger partial charge on any atom is -0.345 e. The highest BCUT2D eigenvalue weighted by molar-refractivity contribution is 6.31. The fourth-order valence-electron chi connectivity index (χ4n) is 7.99. The average Bonchev–Trinajstić information content (AvgIpc) is 3.57. The Morgan fingerprint density at radius 1 is 1.12 bits per heavy atom. The van der Waals surface area contributed by atoms with Crippen molar-refractivity contribution >= 4 is 51.7 Å². The Morgan fingerprint density at radius 2 is 1.93 bits per heavy atom. The summed E-state index contributed by atoms with van der Waals surface area (Å²) in [5.74, 6) is -0.432. The molecule has 220 valence electrons. The normalized spacial score (nSPS) is 26.0. The molecule has 7 nitrogen and oxygen atoms in total. The molecule has 1 saturated heterocycles. The number of fused-ring (bicyclic) bond motifs is 7. The van der Waals surface area contributed by atoms with E-state index >= 15 is 4.39 Å². The minimum absolute atomic E-state index is 0.0238. The first kappa shape index (κ1) is 27.1. The number of halogens is 3. The summed E-state index contributed by atoms with van der Waals surface area (Å²) in [6, 6.07) is 16.1. The van der Waals surface area contributed by atoms with Gasteiger partial charge in [-0.1, -0.05) is 41.4 Å². The van der Waals surface area contributed by atoms with Crippen LogP contribution in [-0.2, 0) is 16.9 Å². The molecule has 4 atom stereocenters. The number of nitrogens with zero attached hydrogens (tertiary/aromatic N) is 4. The number of anilines is 1. The Hall–Kier alpha value is -3.46. The lowest BCUT2D eigenvalue weighted by atomic mass is 9.70. The van der Waals surface area contributed by atoms with Gasteiger partial charge in [0.1, 0.15) is 17.2 Å². The first-order valence-electron chi connectivity index (χ1n) is 14.7. The number of likely N-dealkylation sites (tertiary alicyclic amines) is 1. The van der Waals surface area contributed by atoms with Gasteiger partial charge >= 0.3 is 0 Å². The molecule has 1 N–H and O–H groups in total. The van der Waals surface area contributed by atoms with Crippen LogP contribution in [0.5, 0.6) is 0 Å². The molecule has 2 amide bonds. The van der Waals surface area contributed by atoms with Crippen LogP contribution in [0.15, 0.2) is 54.6 Å². The SMILES string of the molecule is CN(C)C(=O)c1ccc2c(c1)nc1n2CC[C@H]2[C@@H]1[C@H](c1cccc(Cl)c1F)[C@]1(C(=O)Nc3cc(Cl)ccc31)N2CC1CC1. The number of benzene rings is 3. The van der Waals surface area contributed by atoms with E-state index in [0.29, 0.717) is 39.8 Å². The summed E-state index contributed by atoms with van der Waals surface area (Å²) in [5, 5.41) is 3.68. The summed E-state index contributed by atoms with van der Waals surface area (Å²) < 4.78 is 18.4. The summed E-state index contributed by atoms with van der Waals surface area (Å²) in [7, 11) is 3.45. The highest BCUT2D eigenvalue weighted by Crippen LogP contribution is 2.64. The lowest BCUT2D eigenvalue weighted by Gasteiger charge is -2.40. The molecule has 4 aromatic rings. The van der Waals surface area contributed by atoms with Gasteiger partial charge in [0.25, 0.3) is 5.91 Å². The van der Waals surface area contributed by atoms with Gasteiger partial charge in [0.15, 0.2) is 0 Å². The van der Waals surface area contributed by atoms with Crippen molar-refractivity contribution in [3.63, 3.8) is 0 Å². The summed E-state index contributed by atoms with van der Waals surface area (Å²) in [4.78, 5) is 36.4. The maximum absolute atomic E-state index is 16.2. The molecule has 8 rings (SSSR count). The van der Waals surface area contributed by atoms with Crippen LogP contribution in [-0.4, -0.2) is 57.8 Å². The first-order chi connectivity index (χ1) is 20.7. The number of carbonyl (C=O) groups excluding carboxylic acids is 2. The zero-order valence-electron chi connectivity index (χ0n) is 23.8.